The van der Waals surface area contributed by atoms with E-state index in [9.17, 15) is 4.79 Å². The molecule has 0 spiro atoms. The van der Waals surface area contributed by atoms with Crippen LogP contribution in [0.3, 0.4) is 0 Å². The fourth-order valence-corrected chi connectivity index (χ4v) is 2.54. The molecule has 0 aliphatic carbocycles. The van der Waals surface area contributed by atoms with Crippen molar-refractivity contribution in [2.75, 3.05) is 25.0 Å². The number of rotatable bonds is 4. The molecule has 2 unspecified atom stereocenters. The van der Waals surface area contributed by atoms with Gasteiger partial charge in [0.15, 0.2) is 0 Å². The number of nitrogens with two attached hydrogens (primary N) is 1. The average Bonchev–Trinajstić information content (AvgIpc) is 2.76. The second-order valence-electron chi connectivity index (χ2n) is 5.37. The van der Waals surface area contributed by atoms with Gasteiger partial charge in [0.2, 0.25) is 11.8 Å². The summed E-state index contributed by atoms with van der Waals surface area (Å²) in [6, 6.07) is 2.00. The van der Waals surface area contributed by atoms with Crippen LogP contribution in [0, 0.1) is 12.8 Å². The van der Waals surface area contributed by atoms with Crippen molar-refractivity contribution in [2.45, 2.75) is 32.7 Å². The van der Waals surface area contributed by atoms with E-state index in [-0.39, 0.29) is 18.3 Å². The predicted molar refractivity (Wildman–Crippen MR) is 79.9 cm³/mol. The third-order valence-electron chi connectivity index (χ3n) is 3.61. The van der Waals surface area contributed by atoms with Crippen LogP contribution in [0.5, 0.6) is 0 Å². The highest BCUT2D eigenvalue weighted by Gasteiger charge is 2.26. The number of hydrogen-bond acceptors (Lipinski definition) is 5. The van der Waals surface area contributed by atoms with E-state index in [0.717, 1.165) is 25.1 Å². The van der Waals surface area contributed by atoms with Gasteiger partial charge in [0.25, 0.3) is 0 Å². The van der Waals surface area contributed by atoms with E-state index in [2.05, 4.69) is 22.3 Å². The van der Waals surface area contributed by atoms with Crippen molar-refractivity contribution in [1.82, 2.24) is 10.1 Å². The van der Waals surface area contributed by atoms with Crippen LogP contribution in [0.4, 0.5) is 5.88 Å². The number of amides is 1. The Balaban J connectivity index is 0.00000200. The highest BCUT2D eigenvalue weighted by Crippen LogP contribution is 2.21. The van der Waals surface area contributed by atoms with Gasteiger partial charge in [0.1, 0.15) is 0 Å². The summed E-state index contributed by atoms with van der Waals surface area (Å²) in [5.41, 5.74) is 6.54. The molecule has 2 heterocycles. The van der Waals surface area contributed by atoms with E-state index >= 15 is 0 Å². The standard InChI is InChI=1S/C13H22N4O2.ClH/c1-9-3-4-17(11(5-9)7-14)8-12(18)15-13-6-10(2)16-19-13;/h6,9,11H,3-5,7-8,14H2,1-2H3,(H,15,18);1H. The molecule has 1 saturated heterocycles. The van der Waals surface area contributed by atoms with Gasteiger partial charge >= 0.3 is 0 Å². The van der Waals surface area contributed by atoms with E-state index in [1.807, 2.05) is 6.92 Å². The fraction of sp³-hybridized carbons (Fsp3) is 0.692. The highest BCUT2D eigenvalue weighted by molar-refractivity contribution is 5.91. The Hall–Kier alpha value is -1.11. The Kier molecular flexibility index (Phi) is 6.45. The lowest BCUT2D eigenvalue weighted by molar-refractivity contribution is -0.118. The molecule has 2 rings (SSSR count). The van der Waals surface area contributed by atoms with Crippen LogP contribution in [0.2, 0.25) is 0 Å². The van der Waals surface area contributed by atoms with Crippen molar-refractivity contribution < 1.29 is 9.32 Å². The average molecular weight is 303 g/mol. The lowest BCUT2D eigenvalue weighted by Gasteiger charge is -2.37. The van der Waals surface area contributed by atoms with Crippen LogP contribution < -0.4 is 11.1 Å². The quantitative estimate of drug-likeness (QED) is 0.878. The Morgan fingerprint density at radius 1 is 1.65 bits per heavy atom. The molecule has 1 amide bonds. The highest BCUT2D eigenvalue weighted by atomic mass is 35.5. The third kappa shape index (κ3) is 4.47. The largest absolute Gasteiger partial charge is 0.338 e. The molecule has 1 aliphatic heterocycles. The molecule has 3 N–H and O–H groups in total. The first-order valence-corrected chi connectivity index (χ1v) is 6.75. The number of aryl methyl sites for hydroxylation is 1. The number of nitrogens with zero attached hydrogens (tertiary/aromatic N) is 2. The summed E-state index contributed by atoms with van der Waals surface area (Å²) < 4.78 is 4.97. The topological polar surface area (TPSA) is 84.4 Å². The number of aromatic nitrogens is 1. The molecule has 1 aliphatic rings. The maximum atomic E-state index is 12.0. The number of carbonyl (C=O) groups is 1. The van der Waals surface area contributed by atoms with E-state index in [1.165, 1.54) is 0 Å². The summed E-state index contributed by atoms with van der Waals surface area (Å²) >= 11 is 0. The SMILES string of the molecule is Cc1cc(NC(=O)CN2CCC(C)CC2CN)on1.Cl. The minimum Gasteiger partial charge on any atom is -0.338 e. The van der Waals surface area contributed by atoms with Crippen LogP contribution in [0.1, 0.15) is 25.5 Å². The van der Waals surface area contributed by atoms with Gasteiger partial charge in [-0.15, -0.1) is 12.4 Å². The van der Waals surface area contributed by atoms with Gasteiger partial charge in [-0.25, -0.2) is 0 Å². The van der Waals surface area contributed by atoms with Crippen molar-refractivity contribution in [1.29, 1.82) is 0 Å². The summed E-state index contributed by atoms with van der Waals surface area (Å²) in [5, 5.41) is 6.45. The van der Waals surface area contributed by atoms with Gasteiger partial charge in [-0.1, -0.05) is 12.1 Å². The normalized spacial score (nSPS) is 23.1. The number of hydrogen-bond donors (Lipinski definition) is 2. The minimum atomic E-state index is -0.0795. The number of nitrogens with one attached hydrogen (secondary N) is 1. The zero-order chi connectivity index (χ0) is 13.8. The van der Waals surface area contributed by atoms with E-state index in [4.69, 9.17) is 10.3 Å². The third-order valence-corrected chi connectivity index (χ3v) is 3.61. The monoisotopic (exact) mass is 302 g/mol. The first-order valence-electron chi connectivity index (χ1n) is 6.75. The number of piperidine rings is 1. The van der Waals surface area contributed by atoms with Crippen molar-refractivity contribution >= 4 is 24.2 Å². The Bertz CT molecular complexity index is 438. The zero-order valence-corrected chi connectivity index (χ0v) is 12.8. The summed E-state index contributed by atoms with van der Waals surface area (Å²) in [6.45, 7) is 5.92. The molecule has 0 radical (unpaired) electrons. The number of halogens is 1. The molecule has 20 heavy (non-hydrogen) atoms. The Morgan fingerprint density at radius 2 is 2.40 bits per heavy atom. The molecular weight excluding hydrogens is 280 g/mol. The summed E-state index contributed by atoms with van der Waals surface area (Å²) in [7, 11) is 0. The molecular formula is C13H23ClN4O2. The molecule has 0 bridgehead atoms. The second kappa shape index (κ2) is 7.61. The first kappa shape index (κ1) is 16.9. The van der Waals surface area contributed by atoms with E-state index in [0.29, 0.717) is 30.9 Å². The van der Waals surface area contributed by atoms with Crippen molar-refractivity contribution in [3.8, 4) is 0 Å². The lowest BCUT2D eigenvalue weighted by Crippen LogP contribution is -2.49. The van der Waals surface area contributed by atoms with Gasteiger partial charge in [-0.05, 0) is 32.2 Å². The van der Waals surface area contributed by atoms with Gasteiger partial charge < -0.3 is 10.3 Å². The van der Waals surface area contributed by atoms with Crippen LogP contribution in [-0.4, -0.2) is 41.6 Å². The first-order chi connectivity index (χ1) is 9.08. The van der Waals surface area contributed by atoms with Gasteiger partial charge in [-0.3, -0.25) is 15.0 Å². The molecule has 6 nitrogen and oxygen atoms in total. The molecule has 1 aromatic rings. The lowest BCUT2D eigenvalue weighted by atomic mass is 9.92. The predicted octanol–water partition coefficient (Wildman–Crippen LogP) is 1.40. The Morgan fingerprint density at radius 3 is 3.00 bits per heavy atom. The summed E-state index contributed by atoms with van der Waals surface area (Å²) in [6.07, 6.45) is 2.18. The van der Waals surface area contributed by atoms with Crippen LogP contribution in [0.25, 0.3) is 0 Å². The van der Waals surface area contributed by atoms with E-state index < -0.39 is 0 Å². The Labute approximate surface area is 125 Å². The van der Waals surface area contributed by atoms with Gasteiger partial charge in [-0.2, -0.15) is 0 Å². The van der Waals surface area contributed by atoms with Crippen LogP contribution >= 0.6 is 12.4 Å². The molecule has 114 valence electrons. The summed E-state index contributed by atoms with van der Waals surface area (Å²) in [4.78, 5) is 14.1. The molecule has 1 aromatic heterocycles. The number of likely N-dealkylation sites (tertiary alicyclic amines) is 1. The second-order valence-corrected chi connectivity index (χ2v) is 5.37. The zero-order valence-electron chi connectivity index (χ0n) is 12.0. The van der Waals surface area contributed by atoms with Gasteiger partial charge in [0.05, 0.1) is 12.2 Å². The number of carbonyl (C=O) groups excluding carboxylic acids is 1. The molecule has 2 atom stereocenters. The summed E-state index contributed by atoms with van der Waals surface area (Å²) in [5.74, 6) is 1.01. The molecule has 0 aromatic carbocycles. The minimum absolute atomic E-state index is 0. The van der Waals surface area contributed by atoms with Crippen molar-refractivity contribution in [3.63, 3.8) is 0 Å². The van der Waals surface area contributed by atoms with Crippen LogP contribution in [-0.2, 0) is 4.79 Å². The van der Waals surface area contributed by atoms with Crippen molar-refractivity contribution in [2.24, 2.45) is 11.7 Å². The smallest absolute Gasteiger partial charge is 0.240 e. The molecule has 7 heteroatoms. The number of anilines is 1. The van der Waals surface area contributed by atoms with Crippen LogP contribution in [0.15, 0.2) is 10.6 Å². The maximum absolute atomic E-state index is 12.0. The molecule has 0 saturated carbocycles. The van der Waals surface area contributed by atoms with Gasteiger partial charge in [0, 0.05) is 18.7 Å². The van der Waals surface area contributed by atoms with Crippen molar-refractivity contribution in [3.05, 3.63) is 11.8 Å². The fourth-order valence-electron chi connectivity index (χ4n) is 2.54. The van der Waals surface area contributed by atoms with E-state index in [1.54, 1.807) is 6.07 Å². The maximum Gasteiger partial charge on any atom is 0.240 e. The molecule has 1 fully saturated rings.